The molecule has 126 valence electrons. The molecule has 2 aliphatic rings. The van der Waals surface area contributed by atoms with Gasteiger partial charge in [-0.2, -0.15) is 0 Å². The molecular weight excluding hydrogens is 288 g/mol. The summed E-state index contributed by atoms with van der Waals surface area (Å²) < 4.78 is 0. The predicted octanol–water partition coefficient (Wildman–Crippen LogP) is 0.868. The molecule has 2 saturated heterocycles. The lowest BCUT2D eigenvalue weighted by Crippen LogP contribution is -2.52. The van der Waals surface area contributed by atoms with Gasteiger partial charge in [0.2, 0.25) is 0 Å². The molecule has 0 aromatic heterocycles. The molecule has 2 fully saturated rings. The van der Waals surface area contributed by atoms with E-state index in [-0.39, 0.29) is 11.9 Å². The van der Waals surface area contributed by atoms with Gasteiger partial charge in [-0.25, -0.2) is 0 Å². The molecule has 23 heavy (non-hydrogen) atoms. The Bertz CT molecular complexity index is 540. The summed E-state index contributed by atoms with van der Waals surface area (Å²) in [6, 6.07) is 8.44. The second-order valence-corrected chi connectivity index (χ2v) is 6.83. The molecule has 1 atom stereocenters. The first-order valence-corrected chi connectivity index (χ1v) is 8.65. The van der Waals surface area contributed by atoms with Gasteiger partial charge >= 0.3 is 0 Å². The Hall–Kier alpha value is -1.43. The number of benzene rings is 1. The summed E-state index contributed by atoms with van der Waals surface area (Å²) in [6.45, 7) is 10.1. The van der Waals surface area contributed by atoms with Crippen molar-refractivity contribution in [3.63, 3.8) is 0 Å². The number of likely N-dealkylation sites (N-methyl/N-ethyl adjacent to an activating group) is 1. The number of nitrogens with one attached hydrogen (secondary N) is 1. The molecule has 1 amide bonds. The zero-order valence-electron chi connectivity index (χ0n) is 14.3. The lowest BCUT2D eigenvalue weighted by Gasteiger charge is -2.34. The van der Waals surface area contributed by atoms with Crippen molar-refractivity contribution in [1.29, 1.82) is 0 Å². The molecule has 0 aliphatic carbocycles. The van der Waals surface area contributed by atoms with Gasteiger partial charge in [0.05, 0.1) is 0 Å². The number of nitrogens with zero attached hydrogens (tertiary/aromatic N) is 3. The summed E-state index contributed by atoms with van der Waals surface area (Å²) in [7, 11) is 2.17. The van der Waals surface area contributed by atoms with Crippen LogP contribution in [-0.4, -0.2) is 79.5 Å². The van der Waals surface area contributed by atoms with Crippen LogP contribution in [0.3, 0.4) is 0 Å². The monoisotopic (exact) mass is 316 g/mol. The molecule has 0 spiro atoms. The first kappa shape index (κ1) is 16.4. The van der Waals surface area contributed by atoms with Crippen LogP contribution >= 0.6 is 0 Å². The largest absolute Gasteiger partial charge is 0.333 e. The van der Waals surface area contributed by atoms with Gasteiger partial charge in [0, 0.05) is 64.0 Å². The molecule has 0 saturated carbocycles. The fourth-order valence-corrected chi connectivity index (χ4v) is 3.38. The van der Waals surface area contributed by atoms with Crippen LogP contribution in [0.1, 0.15) is 22.8 Å². The molecule has 0 unspecified atom stereocenters. The summed E-state index contributed by atoms with van der Waals surface area (Å²) in [4.78, 5) is 19.6. The normalized spacial score (nSPS) is 23.9. The quantitative estimate of drug-likeness (QED) is 0.898. The highest BCUT2D eigenvalue weighted by Gasteiger charge is 2.24. The average molecular weight is 316 g/mol. The van der Waals surface area contributed by atoms with Crippen LogP contribution in [0.2, 0.25) is 0 Å². The van der Waals surface area contributed by atoms with Gasteiger partial charge in [0.1, 0.15) is 0 Å². The second-order valence-electron chi connectivity index (χ2n) is 6.83. The highest BCUT2D eigenvalue weighted by Crippen LogP contribution is 2.14. The maximum atomic E-state index is 12.8. The van der Waals surface area contributed by atoms with Gasteiger partial charge in [-0.1, -0.05) is 12.1 Å². The third-order valence-corrected chi connectivity index (χ3v) is 4.94. The van der Waals surface area contributed by atoms with Gasteiger partial charge < -0.3 is 15.1 Å². The minimum atomic E-state index is 0.166. The van der Waals surface area contributed by atoms with Gasteiger partial charge in [-0.3, -0.25) is 9.69 Å². The fourth-order valence-electron chi connectivity index (χ4n) is 3.38. The van der Waals surface area contributed by atoms with Crippen LogP contribution in [0.5, 0.6) is 0 Å². The van der Waals surface area contributed by atoms with E-state index < -0.39 is 0 Å². The summed E-state index contributed by atoms with van der Waals surface area (Å²) in [6.07, 6.45) is 0. The Labute approximate surface area is 139 Å². The summed E-state index contributed by atoms with van der Waals surface area (Å²) in [5.74, 6) is 0.166. The van der Waals surface area contributed by atoms with E-state index in [2.05, 4.69) is 41.2 Å². The SMILES string of the molecule is C[C@H]1CNCCN1C(=O)c1cccc(CN2CCN(C)CC2)c1. The number of hydrogen-bond donors (Lipinski definition) is 1. The van der Waals surface area contributed by atoms with Gasteiger partial charge in [-0.15, -0.1) is 0 Å². The zero-order valence-corrected chi connectivity index (χ0v) is 14.3. The van der Waals surface area contributed by atoms with E-state index in [4.69, 9.17) is 0 Å². The average Bonchev–Trinajstić information content (AvgIpc) is 2.57. The van der Waals surface area contributed by atoms with E-state index in [9.17, 15) is 4.79 Å². The van der Waals surface area contributed by atoms with Crippen molar-refractivity contribution < 1.29 is 4.79 Å². The molecule has 0 bridgehead atoms. The lowest BCUT2D eigenvalue weighted by molar-refractivity contribution is 0.0655. The van der Waals surface area contributed by atoms with E-state index in [1.54, 1.807) is 0 Å². The standard InChI is InChI=1S/C18H28N4O/c1-15-13-19-6-7-22(15)18(23)17-5-3-4-16(12-17)14-21-10-8-20(2)9-11-21/h3-5,12,15,19H,6-11,13-14H2,1-2H3/t15-/m0/s1. The van der Waals surface area contributed by atoms with Crippen molar-refractivity contribution in [3.05, 3.63) is 35.4 Å². The van der Waals surface area contributed by atoms with Crippen LogP contribution < -0.4 is 5.32 Å². The minimum Gasteiger partial charge on any atom is -0.333 e. The number of rotatable bonds is 3. The molecular formula is C18H28N4O. The molecule has 1 aromatic rings. The van der Waals surface area contributed by atoms with E-state index in [0.717, 1.165) is 57.9 Å². The van der Waals surface area contributed by atoms with Crippen LogP contribution in [0.25, 0.3) is 0 Å². The number of hydrogen-bond acceptors (Lipinski definition) is 4. The molecule has 5 nitrogen and oxygen atoms in total. The zero-order chi connectivity index (χ0) is 16.2. The molecule has 3 rings (SSSR count). The van der Waals surface area contributed by atoms with E-state index in [1.165, 1.54) is 5.56 Å². The van der Waals surface area contributed by atoms with E-state index in [1.807, 2.05) is 17.0 Å². The molecule has 1 aromatic carbocycles. The highest BCUT2D eigenvalue weighted by atomic mass is 16.2. The highest BCUT2D eigenvalue weighted by molar-refractivity contribution is 5.94. The summed E-state index contributed by atoms with van der Waals surface area (Å²) >= 11 is 0. The van der Waals surface area contributed by atoms with Crippen molar-refractivity contribution in [1.82, 2.24) is 20.0 Å². The van der Waals surface area contributed by atoms with Crippen molar-refractivity contribution in [3.8, 4) is 0 Å². The Morgan fingerprint density at radius 3 is 2.74 bits per heavy atom. The fraction of sp³-hybridized carbons (Fsp3) is 0.611. The van der Waals surface area contributed by atoms with Crippen LogP contribution in [0, 0.1) is 0 Å². The summed E-state index contributed by atoms with van der Waals surface area (Å²) in [5.41, 5.74) is 2.06. The lowest BCUT2D eigenvalue weighted by atomic mass is 10.1. The van der Waals surface area contributed by atoms with Crippen molar-refractivity contribution in [2.24, 2.45) is 0 Å². The van der Waals surface area contributed by atoms with E-state index >= 15 is 0 Å². The van der Waals surface area contributed by atoms with Crippen LogP contribution in [0.15, 0.2) is 24.3 Å². The van der Waals surface area contributed by atoms with Gasteiger partial charge in [0.15, 0.2) is 0 Å². The Kier molecular flexibility index (Phi) is 5.30. The third kappa shape index (κ3) is 4.10. The molecule has 1 N–H and O–H groups in total. The minimum absolute atomic E-state index is 0.166. The number of amides is 1. The molecule has 2 heterocycles. The predicted molar refractivity (Wildman–Crippen MR) is 92.6 cm³/mol. The van der Waals surface area contributed by atoms with Crippen LogP contribution in [-0.2, 0) is 6.54 Å². The van der Waals surface area contributed by atoms with E-state index in [0.29, 0.717) is 0 Å². The molecule has 0 radical (unpaired) electrons. The van der Waals surface area contributed by atoms with Gasteiger partial charge in [-0.05, 0) is 31.7 Å². The first-order valence-electron chi connectivity index (χ1n) is 8.65. The maximum absolute atomic E-state index is 12.8. The van der Waals surface area contributed by atoms with Gasteiger partial charge in [0.25, 0.3) is 5.91 Å². The number of carbonyl (C=O) groups excluding carboxylic acids is 1. The molecule has 5 heteroatoms. The smallest absolute Gasteiger partial charge is 0.254 e. The van der Waals surface area contributed by atoms with Crippen LogP contribution in [0.4, 0.5) is 0 Å². The Morgan fingerprint density at radius 2 is 2.00 bits per heavy atom. The Morgan fingerprint density at radius 1 is 1.22 bits per heavy atom. The molecule has 2 aliphatic heterocycles. The third-order valence-electron chi connectivity index (χ3n) is 4.94. The summed E-state index contributed by atoms with van der Waals surface area (Å²) in [5, 5.41) is 3.34. The van der Waals surface area contributed by atoms with Crippen molar-refractivity contribution in [2.75, 3.05) is 52.9 Å². The number of piperazine rings is 2. The first-order chi connectivity index (χ1) is 11.1. The van der Waals surface area contributed by atoms with Crippen molar-refractivity contribution in [2.45, 2.75) is 19.5 Å². The Balaban J connectivity index is 1.66. The second kappa shape index (κ2) is 7.43. The topological polar surface area (TPSA) is 38.8 Å². The maximum Gasteiger partial charge on any atom is 0.254 e. The number of carbonyl (C=O) groups is 1. The van der Waals surface area contributed by atoms with Crippen molar-refractivity contribution >= 4 is 5.91 Å².